The number of hydrogen-bond acceptors (Lipinski definition) is 2. The van der Waals surface area contributed by atoms with E-state index < -0.39 is 0 Å². The SMILES string of the molecule is CCC1CC(NC2CCCN(C)C2)C1. The number of likely N-dealkylation sites (N-methyl/N-ethyl adjacent to an activating group) is 1. The van der Waals surface area contributed by atoms with E-state index in [0.29, 0.717) is 0 Å². The van der Waals surface area contributed by atoms with Crippen LogP contribution in [0.3, 0.4) is 0 Å². The lowest BCUT2D eigenvalue weighted by Gasteiger charge is -2.40. The highest BCUT2D eigenvalue weighted by atomic mass is 15.1. The minimum absolute atomic E-state index is 0.775. The molecule has 0 spiro atoms. The van der Waals surface area contributed by atoms with Crippen LogP contribution >= 0.6 is 0 Å². The molecule has 1 unspecified atom stereocenters. The van der Waals surface area contributed by atoms with Crippen molar-refractivity contribution in [3.8, 4) is 0 Å². The molecule has 1 saturated carbocycles. The molecule has 2 nitrogen and oxygen atoms in total. The van der Waals surface area contributed by atoms with Gasteiger partial charge in [-0.15, -0.1) is 0 Å². The Balaban J connectivity index is 1.66. The average Bonchev–Trinajstić information content (AvgIpc) is 2.10. The van der Waals surface area contributed by atoms with E-state index in [-0.39, 0.29) is 0 Å². The molecule has 0 aromatic rings. The first-order chi connectivity index (χ1) is 6.78. The maximum Gasteiger partial charge on any atom is 0.0197 e. The van der Waals surface area contributed by atoms with Gasteiger partial charge in [0, 0.05) is 18.6 Å². The molecule has 2 heteroatoms. The van der Waals surface area contributed by atoms with Gasteiger partial charge in [-0.05, 0) is 45.2 Å². The molecule has 2 rings (SSSR count). The van der Waals surface area contributed by atoms with E-state index in [4.69, 9.17) is 0 Å². The second-order valence-electron chi connectivity index (χ2n) is 5.21. The summed E-state index contributed by atoms with van der Waals surface area (Å²) < 4.78 is 0. The molecule has 0 radical (unpaired) electrons. The van der Waals surface area contributed by atoms with Crippen LogP contribution in [0.5, 0.6) is 0 Å². The highest BCUT2D eigenvalue weighted by Gasteiger charge is 2.29. The van der Waals surface area contributed by atoms with Crippen LogP contribution in [0.25, 0.3) is 0 Å². The topological polar surface area (TPSA) is 15.3 Å². The standard InChI is InChI=1S/C12H24N2/c1-3-10-7-12(8-10)13-11-5-4-6-14(2)9-11/h10-13H,3-9H2,1-2H3. The smallest absolute Gasteiger partial charge is 0.0197 e. The molecule has 1 atom stereocenters. The fourth-order valence-corrected chi connectivity index (χ4v) is 2.84. The summed E-state index contributed by atoms with van der Waals surface area (Å²) in [5.74, 6) is 1.02. The van der Waals surface area contributed by atoms with Crippen molar-refractivity contribution >= 4 is 0 Å². The van der Waals surface area contributed by atoms with Crippen molar-refractivity contribution in [1.29, 1.82) is 0 Å². The van der Waals surface area contributed by atoms with Crippen molar-refractivity contribution < 1.29 is 0 Å². The fraction of sp³-hybridized carbons (Fsp3) is 1.00. The molecule has 0 aromatic carbocycles. The molecule has 0 aromatic heterocycles. The van der Waals surface area contributed by atoms with E-state index in [2.05, 4.69) is 24.2 Å². The van der Waals surface area contributed by atoms with Crippen LogP contribution in [0.1, 0.15) is 39.0 Å². The van der Waals surface area contributed by atoms with E-state index in [9.17, 15) is 0 Å². The number of rotatable bonds is 3. The van der Waals surface area contributed by atoms with Crippen LogP contribution in [0.2, 0.25) is 0 Å². The van der Waals surface area contributed by atoms with E-state index in [1.807, 2.05) is 0 Å². The highest BCUT2D eigenvalue weighted by molar-refractivity contribution is 4.88. The van der Waals surface area contributed by atoms with Crippen LogP contribution in [0, 0.1) is 5.92 Å². The van der Waals surface area contributed by atoms with Gasteiger partial charge in [-0.2, -0.15) is 0 Å². The second kappa shape index (κ2) is 4.63. The fourth-order valence-electron chi connectivity index (χ4n) is 2.84. The Hall–Kier alpha value is -0.0800. The molecule has 1 saturated heterocycles. The lowest BCUT2D eigenvalue weighted by Crippen LogP contribution is -2.51. The molecule has 2 aliphatic rings. The summed E-state index contributed by atoms with van der Waals surface area (Å²) in [7, 11) is 2.24. The van der Waals surface area contributed by atoms with Gasteiger partial charge in [-0.3, -0.25) is 0 Å². The normalized spacial score (nSPS) is 39.4. The molecule has 82 valence electrons. The number of piperidine rings is 1. The van der Waals surface area contributed by atoms with E-state index >= 15 is 0 Å². The van der Waals surface area contributed by atoms with Gasteiger partial charge in [0.25, 0.3) is 0 Å². The van der Waals surface area contributed by atoms with Crippen molar-refractivity contribution in [2.24, 2.45) is 5.92 Å². The molecule has 14 heavy (non-hydrogen) atoms. The van der Waals surface area contributed by atoms with Crippen LogP contribution in [-0.2, 0) is 0 Å². The third kappa shape index (κ3) is 2.48. The van der Waals surface area contributed by atoms with Crippen LogP contribution in [-0.4, -0.2) is 37.1 Å². The maximum absolute atomic E-state index is 3.81. The second-order valence-corrected chi connectivity index (χ2v) is 5.21. The van der Waals surface area contributed by atoms with Gasteiger partial charge in [0.1, 0.15) is 0 Å². The van der Waals surface area contributed by atoms with Crippen molar-refractivity contribution in [3.05, 3.63) is 0 Å². The number of nitrogens with zero attached hydrogens (tertiary/aromatic N) is 1. The highest BCUT2D eigenvalue weighted by Crippen LogP contribution is 2.30. The predicted molar refractivity (Wildman–Crippen MR) is 60.5 cm³/mol. The summed E-state index contributed by atoms with van der Waals surface area (Å²) >= 11 is 0. The lowest BCUT2D eigenvalue weighted by atomic mass is 9.78. The quantitative estimate of drug-likeness (QED) is 0.741. The lowest BCUT2D eigenvalue weighted by molar-refractivity contribution is 0.158. The van der Waals surface area contributed by atoms with Crippen LogP contribution in [0.4, 0.5) is 0 Å². The van der Waals surface area contributed by atoms with Gasteiger partial charge in [0.05, 0.1) is 0 Å². The molecular formula is C12H24N2. The summed E-state index contributed by atoms with van der Waals surface area (Å²) in [5, 5.41) is 3.81. The Morgan fingerprint density at radius 1 is 1.29 bits per heavy atom. The molecule has 1 heterocycles. The van der Waals surface area contributed by atoms with E-state index in [0.717, 1.165) is 18.0 Å². The Kier molecular flexibility index (Phi) is 3.45. The van der Waals surface area contributed by atoms with E-state index in [1.54, 1.807) is 0 Å². The summed E-state index contributed by atoms with van der Waals surface area (Å²) in [6.07, 6.45) is 6.99. The van der Waals surface area contributed by atoms with Crippen molar-refractivity contribution in [3.63, 3.8) is 0 Å². The summed E-state index contributed by atoms with van der Waals surface area (Å²) in [6, 6.07) is 1.62. The molecule has 1 aliphatic heterocycles. The Labute approximate surface area is 88.1 Å². The zero-order chi connectivity index (χ0) is 9.97. The van der Waals surface area contributed by atoms with Crippen molar-refractivity contribution in [1.82, 2.24) is 10.2 Å². The van der Waals surface area contributed by atoms with Gasteiger partial charge in [-0.1, -0.05) is 13.3 Å². The first kappa shape index (κ1) is 10.4. The minimum atomic E-state index is 0.775. The van der Waals surface area contributed by atoms with Crippen molar-refractivity contribution in [2.75, 3.05) is 20.1 Å². The first-order valence-electron chi connectivity index (χ1n) is 6.22. The molecule has 1 aliphatic carbocycles. The van der Waals surface area contributed by atoms with Crippen LogP contribution < -0.4 is 5.32 Å². The predicted octanol–water partition coefficient (Wildman–Crippen LogP) is 1.86. The number of nitrogens with one attached hydrogen (secondary N) is 1. The molecule has 2 fully saturated rings. The van der Waals surface area contributed by atoms with E-state index in [1.165, 1.54) is 45.2 Å². The average molecular weight is 196 g/mol. The first-order valence-corrected chi connectivity index (χ1v) is 6.22. The Morgan fingerprint density at radius 3 is 2.71 bits per heavy atom. The Bertz CT molecular complexity index is 175. The minimum Gasteiger partial charge on any atom is -0.310 e. The monoisotopic (exact) mass is 196 g/mol. The zero-order valence-electron chi connectivity index (χ0n) is 9.63. The Morgan fingerprint density at radius 2 is 2.07 bits per heavy atom. The van der Waals surface area contributed by atoms with Gasteiger partial charge in [0.2, 0.25) is 0 Å². The summed E-state index contributed by atoms with van der Waals surface area (Å²) in [5.41, 5.74) is 0. The van der Waals surface area contributed by atoms with Gasteiger partial charge in [-0.25, -0.2) is 0 Å². The third-order valence-corrected chi connectivity index (χ3v) is 3.91. The van der Waals surface area contributed by atoms with Gasteiger partial charge in [0.15, 0.2) is 0 Å². The number of likely N-dealkylation sites (tertiary alicyclic amines) is 1. The number of hydrogen-bond donors (Lipinski definition) is 1. The molecule has 0 bridgehead atoms. The third-order valence-electron chi connectivity index (χ3n) is 3.91. The van der Waals surface area contributed by atoms with Crippen molar-refractivity contribution in [2.45, 2.75) is 51.1 Å². The van der Waals surface area contributed by atoms with Gasteiger partial charge < -0.3 is 10.2 Å². The largest absolute Gasteiger partial charge is 0.310 e. The zero-order valence-corrected chi connectivity index (χ0v) is 9.63. The molecule has 0 amide bonds. The molecule has 1 N–H and O–H groups in total. The molecular weight excluding hydrogens is 172 g/mol. The van der Waals surface area contributed by atoms with Crippen LogP contribution in [0.15, 0.2) is 0 Å². The maximum atomic E-state index is 3.81. The van der Waals surface area contributed by atoms with Gasteiger partial charge >= 0.3 is 0 Å². The summed E-state index contributed by atoms with van der Waals surface area (Å²) in [4.78, 5) is 2.46. The summed E-state index contributed by atoms with van der Waals surface area (Å²) in [6.45, 7) is 4.86.